The Labute approximate surface area is 103 Å². The van der Waals surface area contributed by atoms with Crippen LogP contribution in [0.2, 0.25) is 0 Å². The minimum Gasteiger partial charge on any atom is -0.478 e. The first kappa shape index (κ1) is 12.7. The van der Waals surface area contributed by atoms with Gasteiger partial charge >= 0.3 is 5.97 Å². The molecule has 0 radical (unpaired) electrons. The van der Waals surface area contributed by atoms with E-state index in [0.717, 1.165) is 0 Å². The molecule has 0 aromatic rings. The molecule has 0 atom stereocenters. The molecule has 0 bridgehead atoms. The van der Waals surface area contributed by atoms with Crippen LogP contribution in [0.25, 0.3) is 0 Å². The molecule has 2 aliphatic rings. The molecule has 0 unspecified atom stereocenters. The Bertz CT molecular complexity index is 557. The fourth-order valence-electron chi connectivity index (χ4n) is 1.76. The van der Waals surface area contributed by atoms with Crippen molar-refractivity contribution in [2.75, 3.05) is 26.2 Å². The second kappa shape index (κ2) is 4.50. The van der Waals surface area contributed by atoms with Crippen LogP contribution in [-0.4, -0.2) is 62.7 Å². The van der Waals surface area contributed by atoms with Gasteiger partial charge in [0.1, 0.15) is 5.57 Å². The number of carbonyl (C=O) groups excluding carboxylic acids is 1. The van der Waals surface area contributed by atoms with Crippen LogP contribution in [0, 0.1) is 0 Å². The summed E-state index contributed by atoms with van der Waals surface area (Å²) in [4.78, 5) is 23.5. The maximum absolute atomic E-state index is 12.0. The Kier molecular flexibility index (Phi) is 3.18. The zero-order chi connectivity index (χ0) is 13.3. The van der Waals surface area contributed by atoms with Crippen molar-refractivity contribution in [1.29, 1.82) is 0 Å². The number of aliphatic carboxylic acids is 1. The van der Waals surface area contributed by atoms with Crippen LogP contribution >= 0.6 is 0 Å². The van der Waals surface area contributed by atoms with Crippen LogP contribution in [0.15, 0.2) is 14.9 Å². The summed E-state index contributed by atoms with van der Waals surface area (Å²) in [6.07, 6.45) is 0.701. The molecule has 9 heteroatoms. The van der Waals surface area contributed by atoms with Crippen LogP contribution in [-0.2, 0) is 19.6 Å². The van der Waals surface area contributed by atoms with Crippen LogP contribution in [0.3, 0.4) is 0 Å². The van der Waals surface area contributed by atoms with Crippen molar-refractivity contribution in [2.24, 2.45) is 4.40 Å². The molecular weight excluding hydrogens is 262 g/mol. The maximum Gasteiger partial charge on any atom is 0.338 e. The smallest absolute Gasteiger partial charge is 0.338 e. The van der Waals surface area contributed by atoms with Crippen molar-refractivity contribution < 1.29 is 23.1 Å². The molecule has 0 saturated carbocycles. The fraction of sp³-hybridized carbons (Fsp3) is 0.444. The number of carbonyl (C=O) groups is 2. The van der Waals surface area contributed by atoms with Gasteiger partial charge in [-0.15, -0.1) is 0 Å². The zero-order valence-corrected chi connectivity index (χ0v) is 10.1. The van der Waals surface area contributed by atoms with E-state index in [1.807, 2.05) is 0 Å². The van der Waals surface area contributed by atoms with Crippen molar-refractivity contribution in [3.63, 3.8) is 0 Å². The third-order valence-electron chi connectivity index (χ3n) is 2.65. The molecule has 0 aromatic heterocycles. The lowest BCUT2D eigenvalue weighted by Gasteiger charge is -2.27. The summed E-state index contributed by atoms with van der Waals surface area (Å²) in [5, 5.41) is 11.9. The van der Waals surface area contributed by atoms with Gasteiger partial charge in [0.2, 0.25) is 0 Å². The largest absolute Gasteiger partial charge is 0.478 e. The highest BCUT2D eigenvalue weighted by molar-refractivity contribution is 7.95. The highest BCUT2D eigenvalue weighted by atomic mass is 32.2. The first-order valence-electron chi connectivity index (χ1n) is 5.21. The van der Waals surface area contributed by atoms with Crippen molar-refractivity contribution in [2.45, 2.75) is 0 Å². The predicted molar refractivity (Wildman–Crippen MR) is 61.5 cm³/mol. The van der Waals surface area contributed by atoms with E-state index in [9.17, 15) is 18.0 Å². The van der Waals surface area contributed by atoms with Crippen molar-refractivity contribution in [3.05, 3.63) is 10.5 Å². The van der Waals surface area contributed by atoms with Crippen molar-refractivity contribution in [1.82, 2.24) is 10.2 Å². The SMILES string of the molecule is O=C(O)C1=C(C(=O)N2CCNCC2)S(=O)(=O)N=C1. The third kappa shape index (κ3) is 2.14. The lowest BCUT2D eigenvalue weighted by atomic mass is 10.2. The summed E-state index contributed by atoms with van der Waals surface area (Å²) in [7, 11) is -4.17. The zero-order valence-electron chi connectivity index (χ0n) is 9.29. The molecule has 2 aliphatic heterocycles. The molecule has 0 aliphatic carbocycles. The number of hydrogen-bond acceptors (Lipinski definition) is 5. The lowest BCUT2D eigenvalue weighted by Crippen LogP contribution is -2.47. The number of sulfonamides is 1. The summed E-state index contributed by atoms with van der Waals surface area (Å²) < 4.78 is 26.3. The Balaban J connectivity index is 2.38. The second-order valence-electron chi connectivity index (χ2n) is 3.80. The fourth-order valence-corrected chi connectivity index (χ4v) is 2.88. The van der Waals surface area contributed by atoms with E-state index < -0.39 is 32.4 Å². The standard InChI is InChI=1S/C9H11N3O5S/c13-8(12-3-1-10-2-4-12)7-6(9(14)15)5-11-18(7,16)17/h5,10H,1-4H2,(H,14,15). The average molecular weight is 273 g/mol. The van der Waals surface area contributed by atoms with Crippen LogP contribution in [0.5, 0.6) is 0 Å². The van der Waals surface area contributed by atoms with E-state index in [1.54, 1.807) is 0 Å². The van der Waals surface area contributed by atoms with Crippen LogP contribution in [0.4, 0.5) is 0 Å². The van der Waals surface area contributed by atoms with E-state index in [4.69, 9.17) is 5.11 Å². The molecule has 1 fully saturated rings. The number of carboxylic acid groups (broad SMARTS) is 1. The minimum atomic E-state index is -4.17. The van der Waals surface area contributed by atoms with Gasteiger partial charge in [-0.25, -0.2) is 4.79 Å². The normalized spacial score (nSPS) is 22.3. The van der Waals surface area contributed by atoms with Gasteiger partial charge in [-0.3, -0.25) is 4.79 Å². The van der Waals surface area contributed by atoms with Crippen molar-refractivity contribution >= 4 is 28.1 Å². The Morgan fingerprint density at radius 2 is 1.94 bits per heavy atom. The molecule has 98 valence electrons. The Morgan fingerprint density at radius 3 is 2.50 bits per heavy atom. The maximum atomic E-state index is 12.0. The van der Waals surface area contributed by atoms with Gasteiger partial charge in [-0.1, -0.05) is 0 Å². The molecule has 1 saturated heterocycles. The quantitative estimate of drug-likeness (QED) is 0.611. The average Bonchev–Trinajstić information content (AvgIpc) is 2.65. The summed E-state index contributed by atoms with van der Waals surface area (Å²) in [6, 6.07) is 0. The lowest BCUT2D eigenvalue weighted by molar-refractivity contribution is -0.133. The number of nitrogens with one attached hydrogen (secondary N) is 1. The van der Waals surface area contributed by atoms with Gasteiger partial charge in [-0.2, -0.15) is 12.8 Å². The van der Waals surface area contributed by atoms with Crippen LogP contribution in [0.1, 0.15) is 0 Å². The minimum absolute atomic E-state index is 0.338. The molecule has 0 spiro atoms. The van der Waals surface area contributed by atoms with Gasteiger partial charge in [0.25, 0.3) is 15.9 Å². The monoisotopic (exact) mass is 273 g/mol. The Morgan fingerprint density at radius 1 is 1.33 bits per heavy atom. The molecule has 2 N–H and O–H groups in total. The van der Waals surface area contributed by atoms with Crippen LogP contribution < -0.4 is 5.32 Å². The van der Waals surface area contributed by atoms with E-state index in [-0.39, 0.29) is 0 Å². The number of rotatable bonds is 2. The summed E-state index contributed by atoms with van der Waals surface area (Å²) in [6.45, 7) is 1.76. The van der Waals surface area contributed by atoms with E-state index in [2.05, 4.69) is 9.71 Å². The topological polar surface area (TPSA) is 116 Å². The highest BCUT2D eigenvalue weighted by Gasteiger charge is 2.37. The molecular formula is C9H11N3O5S. The number of piperazine rings is 1. The first-order chi connectivity index (χ1) is 8.43. The molecule has 0 aromatic carbocycles. The number of amides is 1. The Hall–Kier alpha value is -1.74. The third-order valence-corrected chi connectivity index (χ3v) is 3.95. The van der Waals surface area contributed by atoms with Gasteiger partial charge in [0.15, 0.2) is 4.91 Å². The van der Waals surface area contributed by atoms with Gasteiger partial charge in [-0.05, 0) is 0 Å². The summed E-state index contributed by atoms with van der Waals surface area (Å²) in [5.41, 5.74) is -0.571. The molecule has 2 heterocycles. The van der Waals surface area contributed by atoms with Gasteiger partial charge in [0, 0.05) is 26.2 Å². The number of hydrogen-bond donors (Lipinski definition) is 2. The molecule has 18 heavy (non-hydrogen) atoms. The summed E-state index contributed by atoms with van der Waals surface area (Å²) in [5.74, 6) is -2.27. The van der Waals surface area contributed by atoms with Gasteiger partial charge in [0.05, 0.1) is 6.21 Å². The predicted octanol–water partition coefficient (Wildman–Crippen LogP) is -1.83. The summed E-state index contributed by atoms with van der Waals surface area (Å²) >= 11 is 0. The number of nitrogens with zero attached hydrogens (tertiary/aromatic N) is 2. The van der Waals surface area contributed by atoms with E-state index in [0.29, 0.717) is 32.4 Å². The van der Waals surface area contributed by atoms with Crippen molar-refractivity contribution in [3.8, 4) is 0 Å². The molecule has 2 rings (SSSR count). The molecule has 8 nitrogen and oxygen atoms in total. The number of carboxylic acids is 1. The first-order valence-corrected chi connectivity index (χ1v) is 6.65. The highest BCUT2D eigenvalue weighted by Crippen LogP contribution is 2.22. The van der Waals surface area contributed by atoms with E-state index >= 15 is 0 Å². The van der Waals surface area contributed by atoms with E-state index in [1.165, 1.54) is 4.90 Å². The second-order valence-corrected chi connectivity index (χ2v) is 5.37. The van der Waals surface area contributed by atoms with Gasteiger partial charge < -0.3 is 15.3 Å². The molecule has 1 amide bonds.